The van der Waals surface area contributed by atoms with Gasteiger partial charge in [-0.05, 0) is 24.3 Å². The first-order valence-electron chi connectivity index (χ1n) is 6.50. The molecule has 0 saturated heterocycles. The van der Waals surface area contributed by atoms with Crippen molar-refractivity contribution in [3.63, 3.8) is 0 Å². The summed E-state index contributed by atoms with van der Waals surface area (Å²) in [4.78, 5) is 10.8. The summed E-state index contributed by atoms with van der Waals surface area (Å²) < 4.78 is 1.06. The molecule has 3 rings (SSSR count). The first-order chi connectivity index (χ1) is 9.65. The molecule has 2 aromatic rings. The summed E-state index contributed by atoms with van der Waals surface area (Å²) in [6.07, 6.45) is 0.892. The number of nitrogen functional groups attached to an aromatic ring is 1. The minimum Gasteiger partial charge on any atom is -0.368 e. The average molecular weight is 334 g/mol. The zero-order valence-corrected chi connectivity index (χ0v) is 12.8. The van der Waals surface area contributed by atoms with Crippen molar-refractivity contribution in [2.24, 2.45) is 0 Å². The Morgan fingerprint density at radius 2 is 2.00 bits per heavy atom. The quantitative estimate of drug-likeness (QED) is 0.882. The van der Waals surface area contributed by atoms with Crippen LogP contribution in [0.1, 0.15) is 11.3 Å². The molecule has 0 bridgehead atoms. The van der Waals surface area contributed by atoms with Gasteiger partial charge in [-0.1, -0.05) is 15.9 Å². The lowest BCUT2D eigenvalue weighted by atomic mass is 10.1. The Morgan fingerprint density at radius 1 is 1.25 bits per heavy atom. The van der Waals surface area contributed by atoms with E-state index in [0.717, 1.165) is 46.7 Å². The Morgan fingerprint density at radius 3 is 2.75 bits per heavy atom. The Labute approximate surface area is 126 Å². The van der Waals surface area contributed by atoms with Gasteiger partial charge in [0.05, 0.1) is 5.69 Å². The van der Waals surface area contributed by atoms with Crippen LogP contribution in [-0.2, 0) is 13.0 Å². The number of hydrogen-bond acceptors (Lipinski definition) is 5. The van der Waals surface area contributed by atoms with Crippen molar-refractivity contribution >= 4 is 33.4 Å². The van der Waals surface area contributed by atoms with Crippen LogP contribution in [-0.4, -0.2) is 23.6 Å². The fourth-order valence-electron chi connectivity index (χ4n) is 2.41. The lowest BCUT2D eigenvalue weighted by Crippen LogP contribution is -2.28. The number of aromatic nitrogens is 2. The molecule has 0 radical (unpaired) electrons. The number of anilines is 3. The summed E-state index contributed by atoms with van der Waals surface area (Å²) in [7, 11) is 2.00. The van der Waals surface area contributed by atoms with Crippen molar-refractivity contribution in [2.45, 2.75) is 13.0 Å². The van der Waals surface area contributed by atoms with Crippen LogP contribution in [0.25, 0.3) is 0 Å². The van der Waals surface area contributed by atoms with Gasteiger partial charge in [0.25, 0.3) is 0 Å². The number of benzene rings is 1. The molecule has 20 heavy (non-hydrogen) atoms. The molecule has 1 aliphatic rings. The molecular weight excluding hydrogens is 318 g/mol. The van der Waals surface area contributed by atoms with Gasteiger partial charge < -0.3 is 16.0 Å². The molecule has 0 atom stereocenters. The predicted molar refractivity (Wildman–Crippen MR) is 84.1 cm³/mol. The van der Waals surface area contributed by atoms with Gasteiger partial charge in [0.15, 0.2) is 0 Å². The normalized spacial score (nSPS) is 13.9. The molecule has 5 nitrogen and oxygen atoms in total. The molecule has 3 N–H and O–H groups in total. The molecule has 1 aliphatic heterocycles. The molecular formula is C14H16BrN5. The molecule has 104 valence electrons. The number of halogens is 1. The lowest BCUT2D eigenvalue weighted by molar-refractivity contribution is 0.627. The van der Waals surface area contributed by atoms with Crippen LogP contribution in [0.3, 0.4) is 0 Å². The maximum atomic E-state index is 5.85. The first-order valence-corrected chi connectivity index (χ1v) is 7.30. The Balaban J connectivity index is 2.04. The molecule has 0 aliphatic carbocycles. The van der Waals surface area contributed by atoms with Gasteiger partial charge in [-0.15, -0.1) is 0 Å². The summed E-state index contributed by atoms with van der Waals surface area (Å²) in [6, 6.07) is 8.12. The lowest BCUT2D eigenvalue weighted by Gasteiger charge is -2.25. The van der Waals surface area contributed by atoms with E-state index >= 15 is 0 Å². The number of fused-ring (bicyclic) bond motifs is 1. The van der Waals surface area contributed by atoms with Crippen molar-refractivity contribution < 1.29 is 0 Å². The largest absolute Gasteiger partial charge is 0.368 e. The van der Waals surface area contributed by atoms with Crippen molar-refractivity contribution in [3.8, 4) is 0 Å². The third-order valence-corrected chi connectivity index (χ3v) is 3.99. The van der Waals surface area contributed by atoms with E-state index in [2.05, 4.69) is 36.1 Å². The summed E-state index contributed by atoms with van der Waals surface area (Å²) >= 11 is 3.45. The highest BCUT2D eigenvalue weighted by molar-refractivity contribution is 9.10. The van der Waals surface area contributed by atoms with Crippen LogP contribution < -0.4 is 16.0 Å². The Hall–Kier alpha value is -1.66. The molecule has 0 unspecified atom stereocenters. The SMILES string of the molecule is CN(c1ccc(Br)cc1)c1nc(N)nc2c1CNCC2. The van der Waals surface area contributed by atoms with Crippen molar-refractivity contribution in [1.29, 1.82) is 0 Å². The molecule has 0 spiro atoms. The van der Waals surface area contributed by atoms with Crippen LogP contribution in [0.5, 0.6) is 0 Å². The van der Waals surface area contributed by atoms with E-state index in [-0.39, 0.29) is 0 Å². The van der Waals surface area contributed by atoms with Gasteiger partial charge in [0, 0.05) is 42.3 Å². The van der Waals surface area contributed by atoms with Gasteiger partial charge in [-0.3, -0.25) is 0 Å². The second kappa shape index (κ2) is 5.38. The monoisotopic (exact) mass is 333 g/mol. The summed E-state index contributed by atoms with van der Waals surface area (Å²) in [5.74, 6) is 1.21. The zero-order valence-electron chi connectivity index (χ0n) is 11.2. The minimum absolute atomic E-state index is 0.338. The van der Waals surface area contributed by atoms with E-state index in [1.807, 2.05) is 31.3 Å². The van der Waals surface area contributed by atoms with E-state index in [0.29, 0.717) is 5.95 Å². The third-order valence-electron chi connectivity index (χ3n) is 3.46. The number of rotatable bonds is 2. The van der Waals surface area contributed by atoms with E-state index in [9.17, 15) is 0 Å². The average Bonchev–Trinajstić information content (AvgIpc) is 2.46. The summed E-state index contributed by atoms with van der Waals surface area (Å²) in [5.41, 5.74) is 9.10. The van der Waals surface area contributed by atoms with Crippen LogP contribution in [0.2, 0.25) is 0 Å². The van der Waals surface area contributed by atoms with Gasteiger partial charge in [-0.2, -0.15) is 4.98 Å². The van der Waals surface area contributed by atoms with Crippen LogP contribution in [0, 0.1) is 0 Å². The molecule has 1 aromatic heterocycles. The van der Waals surface area contributed by atoms with Gasteiger partial charge in [-0.25, -0.2) is 4.98 Å². The maximum Gasteiger partial charge on any atom is 0.222 e. The van der Waals surface area contributed by atoms with Gasteiger partial charge in [0.1, 0.15) is 5.82 Å². The third kappa shape index (κ3) is 2.48. The molecule has 0 saturated carbocycles. The van der Waals surface area contributed by atoms with Gasteiger partial charge >= 0.3 is 0 Å². The van der Waals surface area contributed by atoms with Crippen molar-refractivity contribution in [1.82, 2.24) is 15.3 Å². The fraction of sp³-hybridized carbons (Fsp3) is 0.286. The predicted octanol–water partition coefficient (Wildman–Crippen LogP) is 2.23. The number of hydrogen-bond donors (Lipinski definition) is 2. The Kier molecular flexibility index (Phi) is 3.58. The second-order valence-electron chi connectivity index (χ2n) is 4.79. The number of nitrogens with zero attached hydrogens (tertiary/aromatic N) is 3. The van der Waals surface area contributed by atoms with Gasteiger partial charge in [0.2, 0.25) is 5.95 Å². The molecule has 0 fully saturated rings. The standard InChI is InChI=1S/C14H16BrN5/c1-20(10-4-2-9(15)3-5-10)13-11-8-17-7-6-12(11)18-14(16)19-13/h2-5,17H,6-8H2,1H3,(H2,16,18,19). The highest BCUT2D eigenvalue weighted by atomic mass is 79.9. The molecule has 6 heteroatoms. The van der Waals surface area contributed by atoms with Crippen LogP contribution in [0.4, 0.5) is 17.5 Å². The highest BCUT2D eigenvalue weighted by Gasteiger charge is 2.19. The van der Waals surface area contributed by atoms with E-state index in [1.165, 1.54) is 0 Å². The Bertz CT molecular complexity index is 626. The van der Waals surface area contributed by atoms with Crippen LogP contribution >= 0.6 is 15.9 Å². The first kappa shape index (κ1) is 13.3. The minimum atomic E-state index is 0.338. The zero-order chi connectivity index (χ0) is 14.1. The topological polar surface area (TPSA) is 67.1 Å². The maximum absolute atomic E-state index is 5.85. The second-order valence-corrected chi connectivity index (χ2v) is 5.71. The van der Waals surface area contributed by atoms with E-state index in [4.69, 9.17) is 5.73 Å². The molecule has 1 aromatic carbocycles. The van der Waals surface area contributed by atoms with Crippen molar-refractivity contribution in [2.75, 3.05) is 24.2 Å². The van der Waals surface area contributed by atoms with E-state index < -0.39 is 0 Å². The van der Waals surface area contributed by atoms with Crippen LogP contribution in [0.15, 0.2) is 28.7 Å². The van der Waals surface area contributed by atoms with Crippen molar-refractivity contribution in [3.05, 3.63) is 40.0 Å². The van der Waals surface area contributed by atoms with E-state index in [1.54, 1.807) is 0 Å². The highest BCUT2D eigenvalue weighted by Crippen LogP contribution is 2.29. The molecule has 2 heterocycles. The summed E-state index contributed by atoms with van der Waals surface area (Å²) in [5, 5.41) is 3.36. The fourth-order valence-corrected chi connectivity index (χ4v) is 2.67. The number of nitrogens with two attached hydrogens (primary N) is 1. The number of nitrogens with one attached hydrogen (secondary N) is 1. The summed E-state index contributed by atoms with van der Waals surface area (Å²) in [6.45, 7) is 1.72. The smallest absolute Gasteiger partial charge is 0.222 e. The molecule has 0 amide bonds.